The van der Waals surface area contributed by atoms with Crippen molar-refractivity contribution in [3.05, 3.63) is 0 Å². The lowest BCUT2D eigenvalue weighted by Gasteiger charge is -2.44. The van der Waals surface area contributed by atoms with Crippen LogP contribution in [0.1, 0.15) is 142 Å². The van der Waals surface area contributed by atoms with Crippen LogP contribution in [0.15, 0.2) is 0 Å². The molecule has 0 bridgehead atoms. The molecule has 0 aliphatic heterocycles. The van der Waals surface area contributed by atoms with Crippen LogP contribution >= 0.6 is 11.8 Å². The zero-order valence-electron chi connectivity index (χ0n) is 17.6. The van der Waals surface area contributed by atoms with Gasteiger partial charge in [0.1, 0.15) is 0 Å². The van der Waals surface area contributed by atoms with Gasteiger partial charge < -0.3 is 0 Å². The summed E-state index contributed by atoms with van der Waals surface area (Å²) in [6.45, 7) is 4.73. The molecule has 2 aliphatic carbocycles. The highest BCUT2D eigenvalue weighted by atomic mass is 32.2. The van der Waals surface area contributed by atoms with Crippen molar-refractivity contribution in [2.45, 2.75) is 152 Å². The van der Waals surface area contributed by atoms with Crippen molar-refractivity contribution in [3.8, 4) is 0 Å². The van der Waals surface area contributed by atoms with E-state index in [1.54, 1.807) is 0 Å². The predicted molar refractivity (Wildman–Crippen MR) is 117 cm³/mol. The second-order valence-electron chi connectivity index (χ2n) is 9.21. The quantitative estimate of drug-likeness (QED) is 0.274. The molecule has 0 unspecified atom stereocenters. The van der Waals surface area contributed by atoms with Crippen molar-refractivity contribution in [1.29, 1.82) is 0 Å². The summed E-state index contributed by atoms with van der Waals surface area (Å²) < 4.78 is 1.28. The Hall–Kier alpha value is 0.350. The van der Waals surface area contributed by atoms with Crippen molar-refractivity contribution in [1.82, 2.24) is 0 Å². The van der Waals surface area contributed by atoms with E-state index < -0.39 is 0 Å². The van der Waals surface area contributed by atoms with Gasteiger partial charge in [-0.05, 0) is 38.5 Å². The minimum absolute atomic E-state index is 0.641. The van der Waals surface area contributed by atoms with Crippen LogP contribution in [-0.4, -0.2) is 9.49 Å². The van der Waals surface area contributed by atoms with Gasteiger partial charge in [-0.1, -0.05) is 104 Å². The number of hydrogen-bond donors (Lipinski definition) is 0. The van der Waals surface area contributed by atoms with Crippen LogP contribution in [0.2, 0.25) is 0 Å². The third-order valence-electron chi connectivity index (χ3n) is 6.93. The molecule has 0 spiro atoms. The molecule has 0 atom stereocenters. The average molecular weight is 367 g/mol. The summed E-state index contributed by atoms with van der Waals surface area (Å²) in [5.41, 5.74) is 0. The molecule has 0 nitrogen and oxygen atoms in total. The summed E-state index contributed by atoms with van der Waals surface area (Å²) >= 11 is 2.56. The van der Waals surface area contributed by atoms with Gasteiger partial charge in [0, 0.05) is 9.49 Å². The van der Waals surface area contributed by atoms with Crippen LogP contribution < -0.4 is 0 Å². The lowest BCUT2D eigenvalue weighted by atomic mass is 9.91. The third-order valence-corrected chi connectivity index (χ3v) is 9.03. The summed E-state index contributed by atoms with van der Waals surface area (Å²) in [5, 5.41) is 0. The standard InChI is InChI=1S/C24H46S/c1-3-5-11-17-23(19-13-7-8-14-20-23)25-24(18-12-6-4-2)21-15-9-10-16-22-24/h3-22H2,1-2H3. The maximum absolute atomic E-state index is 2.56. The smallest absolute Gasteiger partial charge is 0.0165 e. The molecule has 148 valence electrons. The third kappa shape index (κ3) is 7.47. The molecule has 0 aromatic carbocycles. The van der Waals surface area contributed by atoms with E-state index >= 15 is 0 Å². The van der Waals surface area contributed by atoms with Crippen LogP contribution in [0, 0.1) is 0 Å². The Labute approximate surface area is 163 Å². The summed E-state index contributed by atoms with van der Waals surface area (Å²) in [6.07, 6.45) is 29.8. The highest BCUT2D eigenvalue weighted by Gasteiger charge is 2.41. The van der Waals surface area contributed by atoms with E-state index in [4.69, 9.17) is 0 Å². The summed E-state index contributed by atoms with van der Waals surface area (Å²) in [4.78, 5) is 0. The van der Waals surface area contributed by atoms with Crippen molar-refractivity contribution in [3.63, 3.8) is 0 Å². The topological polar surface area (TPSA) is 0 Å². The highest BCUT2D eigenvalue weighted by molar-refractivity contribution is 8.02. The van der Waals surface area contributed by atoms with Crippen LogP contribution in [0.5, 0.6) is 0 Å². The van der Waals surface area contributed by atoms with Crippen LogP contribution in [-0.2, 0) is 0 Å². The molecule has 2 rings (SSSR count). The van der Waals surface area contributed by atoms with Crippen LogP contribution in [0.4, 0.5) is 0 Å². The second kappa shape index (κ2) is 11.9. The van der Waals surface area contributed by atoms with E-state index in [2.05, 4.69) is 25.6 Å². The Balaban J connectivity index is 2.10. The molecular formula is C24H46S. The molecule has 0 radical (unpaired) electrons. The average Bonchev–Trinajstić information content (AvgIpc) is 2.97. The SMILES string of the molecule is CCCCCC1(SC2(CCCCC)CCCCCC2)CCCCCC1. The fraction of sp³-hybridized carbons (Fsp3) is 1.00. The van der Waals surface area contributed by atoms with Crippen molar-refractivity contribution >= 4 is 11.8 Å². The van der Waals surface area contributed by atoms with Crippen LogP contribution in [0.25, 0.3) is 0 Å². The van der Waals surface area contributed by atoms with Crippen molar-refractivity contribution in [2.75, 3.05) is 0 Å². The Kier molecular flexibility index (Phi) is 10.3. The maximum atomic E-state index is 2.56. The zero-order valence-corrected chi connectivity index (χ0v) is 18.4. The maximum Gasteiger partial charge on any atom is 0.0165 e. The predicted octanol–water partition coefficient (Wildman–Crippen LogP) is 9.07. The summed E-state index contributed by atoms with van der Waals surface area (Å²) in [6, 6.07) is 0. The minimum Gasteiger partial charge on any atom is -0.148 e. The Morgan fingerprint density at radius 2 is 0.880 bits per heavy atom. The molecule has 0 saturated heterocycles. The lowest BCUT2D eigenvalue weighted by molar-refractivity contribution is 0.415. The van der Waals surface area contributed by atoms with E-state index in [0.29, 0.717) is 9.49 Å². The van der Waals surface area contributed by atoms with Gasteiger partial charge in [-0.25, -0.2) is 0 Å². The van der Waals surface area contributed by atoms with Gasteiger partial charge in [0.25, 0.3) is 0 Å². The fourth-order valence-electron chi connectivity index (χ4n) is 5.41. The summed E-state index contributed by atoms with van der Waals surface area (Å²) in [7, 11) is 0. The molecule has 2 saturated carbocycles. The first-order valence-electron chi connectivity index (χ1n) is 11.9. The normalized spacial score (nSPS) is 23.8. The highest BCUT2D eigenvalue weighted by Crippen LogP contribution is 2.54. The minimum atomic E-state index is 0.641. The van der Waals surface area contributed by atoms with Gasteiger partial charge in [0.15, 0.2) is 0 Å². The molecule has 2 fully saturated rings. The number of hydrogen-bond acceptors (Lipinski definition) is 1. The van der Waals surface area contributed by atoms with E-state index in [1.807, 2.05) is 0 Å². The second-order valence-corrected chi connectivity index (χ2v) is 11.1. The molecular weight excluding hydrogens is 320 g/mol. The first-order valence-corrected chi connectivity index (χ1v) is 12.8. The Morgan fingerprint density at radius 3 is 1.20 bits per heavy atom. The van der Waals surface area contributed by atoms with Gasteiger partial charge in [-0.15, -0.1) is 11.8 Å². The van der Waals surface area contributed by atoms with E-state index in [-0.39, 0.29) is 0 Å². The largest absolute Gasteiger partial charge is 0.148 e. The molecule has 0 aromatic rings. The summed E-state index contributed by atoms with van der Waals surface area (Å²) in [5.74, 6) is 0. The monoisotopic (exact) mass is 366 g/mol. The Bertz CT molecular complexity index is 287. The molecule has 25 heavy (non-hydrogen) atoms. The number of thioether (sulfide) groups is 1. The molecule has 0 heterocycles. The van der Waals surface area contributed by atoms with Crippen molar-refractivity contribution < 1.29 is 0 Å². The van der Waals surface area contributed by atoms with E-state index in [0.717, 1.165) is 0 Å². The molecule has 0 aromatic heterocycles. The van der Waals surface area contributed by atoms with E-state index in [9.17, 15) is 0 Å². The van der Waals surface area contributed by atoms with Gasteiger partial charge in [0.2, 0.25) is 0 Å². The van der Waals surface area contributed by atoms with Gasteiger partial charge >= 0.3 is 0 Å². The van der Waals surface area contributed by atoms with Gasteiger partial charge in [-0.3, -0.25) is 0 Å². The number of rotatable bonds is 10. The van der Waals surface area contributed by atoms with Gasteiger partial charge in [0.05, 0.1) is 0 Å². The molecule has 0 amide bonds. The molecule has 1 heteroatoms. The Morgan fingerprint density at radius 1 is 0.520 bits per heavy atom. The first-order chi connectivity index (χ1) is 12.2. The van der Waals surface area contributed by atoms with Crippen molar-refractivity contribution in [2.24, 2.45) is 0 Å². The zero-order chi connectivity index (χ0) is 17.8. The molecule has 0 N–H and O–H groups in total. The van der Waals surface area contributed by atoms with Gasteiger partial charge in [-0.2, -0.15) is 0 Å². The fourth-order valence-corrected chi connectivity index (χ4v) is 7.80. The number of unbranched alkanes of at least 4 members (excludes halogenated alkanes) is 4. The van der Waals surface area contributed by atoms with Crippen LogP contribution in [0.3, 0.4) is 0 Å². The molecule has 2 aliphatic rings. The van der Waals surface area contributed by atoms with E-state index in [1.165, 1.54) is 128 Å². The lowest BCUT2D eigenvalue weighted by Crippen LogP contribution is -2.35. The first kappa shape index (κ1) is 21.6.